The molecular formula is C20H25N5S. The first kappa shape index (κ1) is 17.4. The molecule has 1 aliphatic rings. The van der Waals surface area contributed by atoms with E-state index in [1.54, 1.807) is 17.7 Å². The third-order valence-corrected chi connectivity index (χ3v) is 5.99. The summed E-state index contributed by atoms with van der Waals surface area (Å²) >= 11 is 1.70. The van der Waals surface area contributed by atoms with Gasteiger partial charge in [0.15, 0.2) is 0 Å². The summed E-state index contributed by atoms with van der Waals surface area (Å²) in [7, 11) is 0. The number of hydrogen-bond acceptors (Lipinski definition) is 6. The molecule has 0 atom stereocenters. The van der Waals surface area contributed by atoms with E-state index in [9.17, 15) is 0 Å². The van der Waals surface area contributed by atoms with E-state index in [4.69, 9.17) is 5.73 Å². The highest BCUT2D eigenvalue weighted by atomic mass is 32.1. The van der Waals surface area contributed by atoms with Gasteiger partial charge in [0.05, 0.1) is 5.39 Å². The van der Waals surface area contributed by atoms with Gasteiger partial charge < -0.3 is 16.0 Å². The minimum absolute atomic E-state index is 0.707. The van der Waals surface area contributed by atoms with Crippen LogP contribution in [0.2, 0.25) is 0 Å². The lowest BCUT2D eigenvalue weighted by Gasteiger charge is -2.33. The van der Waals surface area contributed by atoms with Crippen LogP contribution >= 0.6 is 11.3 Å². The number of nitrogens with two attached hydrogens (primary N) is 1. The Morgan fingerprint density at radius 3 is 2.73 bits per heavy atom. The van der Waals surface area contributed by atoms with Crippen LogP contribution in [0.25, 0.3) is 21.3 Å². The van der Waals surface area contributed by atoms with Crippen LogP contribution in [0.5, 0.6) is 0 Å². The minimum atomic E-state index is 0.707. The number of benzene rings is 1. The van der Waals surface area contributed by atoms with Crippen LogP contribution < -0.4 is 16.0 Å². The lowest BCUT2D eigenvalue weighted by Crippen LogP contribution is -2.38. The fourth-order valence-electron chi connectivity index (χ4n) is 3.69. The number of piperidine rings is 1. The minimum Gasteiger partial charge on any atom is -0.356 e. The SMILES string of the molecule is NCCNCC1CCN(c2ncnc3scc(-c4ccccc4)c23)CC1. The molecular weight excluding hydrogens is 342 g/mol. The molecule has 0 saturated carbocycles. The number of nitrogens with one attached hydrogen (secondary N) is 1. The highest BCUT2D eigenvalue weighted by Crippen LogP contribution is 2.38. The lowest BCUT2D eigenvalue weighted by atomic mass is 9.96. The highest BCUT2D eigenvalue weighted by Gasteiger charge is 2.23. The summed E-state index contributed by atoms with van der Waals surface area (Å²) in [6.07, 6.45) is 4.08. The molecule has 1 saturated heterocycles. The van der Waals surface area contributed by atoms with Crippen molar-refractivity contribution in [2.75, 3.05) is 37.6 Å². The second-order valence-corrected chi connectivity index (χ2v) is 7.67. The van der Waals surface area contributed by atoms with Crippen molar-refractivity contribution >= 4 is 27.4 Å². The average Bonchev–Trinajstić information content (AvgIpc) is 3.14. The summed E-state index contributed by atoms with van der Waals surface area (Å²) in [5, 5.41) is 6.86. The van der Waals surface area contributed by atoms with Gasteiger partial charge in [-0.1, -0.05) is 30.3 Å². The number of hydrogen-bond donors (Lipinski definition) is 2. The van der Waals surface area contributed by atoms with E-state index >= 15 is 0 Å². The number of anilines is 1. The monoisotopic (exact) mass is 367 g/mol. The van der Waals surface area contributed by atoms with Gasteiger partial charge in [-0.15, -0.1) is 11.3 Å². The van der Waals surface area contributed by atoms with Gasteiger partial charge in [0.25, 0.3) is 0 Å². The van der Waals surface area contributed by atoms with E-state index in [1.807, 2.05) is 0 Å². The van der Waals surface area contributed by atoms with E-state index in [1.165, 1.54) is 29.4 Å². The Hall–Kier alpha value is -2.02. The van der Waals surface area contributed by atoms with Crippen LogP contribution in [-0.2, 0) is 0 Å². The van der Waals surface area contributed by atoms with Gasteiger partial charge in [0.2, 0.25) is 0 Å². The maximum Gasteiger partial charge on any atom is 0.141 e. The Morgan fingerprint density at radius 1 is 1.15 bits per heavy atom. The molecule has 1 aliphatic heterocycles. The van der Waals surface area contributed by atoms with Crippen molar-refractivity contribution < 1.29 is 0 Å². The van der Waals surface area contributed by atoms with Gasteiger partial charge in [-0.05, 0) is 30.9 Å². The van der Waals surface area contributed by atoms with Crippen LogP contribution in [0.4, 0.5) is 5.82 Å². The molecule has 26 heavy (non-hydrogen) atoms. The topological polar surface area (TPSA) is 67.1 Å². The number of rotatable bonds is 6. The Bertz CT molecular complexity index is 840. The van der Waals surface area contributed by atoms with Crippen LogP contribution in [0.1, 0.15) is 12.8 Å². The fraction of sp³-hybridized carbons (Fsp3) is 0.400. The molecule has 0 spiro atoms. The average molecular weight is 368 g/mol. The van der Waals surface area contributed by atoms with E-state index in [0.717, 1.165) is 42.7 Å². The molecule has 0 radical (unpaired) electrons. The normalized spacial score (nSPS) is 15.7. The summed E-state index contributed by atoms with van der Waals surface area (Å²) in [4.78, 5) is 12.7. The maximum atomic E-state index is 5.56. The second kappa shape index (κ2) is 8.12. The Kier molecular flexibility index (Phi) is 5.43. The summed E-state index contributed by atoms with van der Waals surface area (Å²) in [6.45, 7) is 4.77. The predicted octanol–water partition coefficient (Wildman–Crippen LogP) is 3.12. The van der Waals surface area contributed by atoms with Gasteiger partial charge in [0, 0.05) is 37.1 Å². The molecule has 2 aromatic heterocycles. The molecule has 0 unspecified atom stereocenters. The third kappa shape index (κ3) is 3.58. The van der Waals surface area contributed by atoms with Gasteiger partial charge in [-0.3, -0.25) is 0 Å². The zero-order valence-electron chi connectivity index (χ0n) is 14.9. The molecule has 0 aliphatic carbocycles. The van der Waals surface area contributed by atoms with E-state index < -0.39 is 0 Å². The number of aromatic nitrogens is 2. The van der Waals surface area contributed by atoms with Crippen molar-refractivity contribution in [1.29, 1.82) is 0 Å². The summed E-state index contributed by atoms with van der Waals surface area (Å²) in [6, 6.07) is 10.5. The molecule has 0 bridgehead atoms. The molecule has 1 fully saturated rings. The lowest BCUT2D eigenvalue weighted by molar-refractivity contribution is 0.384. The fourth-order valence-corrected chi connectivity index (χ4v) is 4.60. The Labute approximate surface area is 158 Å². The summed E-state index contributed by atoms with van der Waals surface area (Å²) < 4.78 is 0. The van der Waals surface area contributed by atoms with E-state index in [0.29, 0.717) is 6.54 Å². The molecule has 3 aromatic rings. The number of nitrogens with zero attached hydrogens (tertiary/aromatic N) is 3. The zero-order chi connectivity index (χ0) is 17.8. The Morgan fingerprint density at radius 2 is 1.96 bits per heavy atom. The first-order valence-corrected chi connectivity index (χ1v) is 10.2. The van der Waals surface area contributed by atoms with Crippen LogP contribution in [-0.4, -0.2) is 42.7 Å². The quantitative estimate of drug-likeness (QED) is 0.655. The molecule has 3 N–H and O–H groups in total. The van der Waals surface area contributed by atoms with Gasteiger partial charge in [-0.25, -0.2) is 9.97 Å². The van der Waals surface area contributed by atoms with Crippen LogP contribution in [0.3, 0.4) is 0 Å². The Balaban J connectivity index is 1.57. The van der Waals surface area contributed by atoms with Crippen molar-refractivity contribution in [3.63, 3.8) is 0 Å². The first-order chi connectivity index (χ1) is 12.9. The molecule has 4 rings (SSSR count). The molecule has 0 amide bonds. The number of thiophene rings is 1. The second-order valence-electron chi connectivity index (χ2n) is 6.82. The largest absolute Gasteiger partial charge is 0.356 e. The molecule has 6 heteroatoms. The predicted molar refractivity (Wildman–Crippen MR) is 110 cm³/mol. The number of fused-ring (bicyclic) bond motifs is 1. The molecule has 1 aromatic carbocycles. The zero-order valence-corrected chi connectivity index (χ0v) is 15.7. The van der Waals surface area contributed by atoms with Crippen LogP contribution in [0, 0.1) is 5.92 Å². The smallest absolute Gasteiger partial charge is 0.141 e. The summed E-state index contributed by atoms with van der Waals surface area (Å²) in [5.74, 6) is 1.81. The summed E-state index contributed by atoms with van der Waals surface area (Å²) in [5.41, 5.74) is 8.04. The van der Waals surface area contributed by atoms with Gasteiger partial charge in [-0.2, -0.15) is 0 Å². The van der Waals surface area contributed by atoms with E-state index in [-0.39, 0.29) is 0 Å². The van der Waals surface area contributed by atoms with Crippen molar-refractivity contribution in [1.82, 2.24) is 15.3 Å². The van der Waals surface area contributed by atoms with Crippen molar-refractivity contribution in [2.45, 2.75) is 12.8 Å². The standard InChI is InChI=1S/C20H25N5S/c21-8-9-22-12-15-6-10-25(11-7-15)19-18-17(16-4-2-1-3-5-16)13-26-20(18)24-14-23-19/h1-5,13-15,22H,6-12,21H2. The third-order valence-electron chi connectivity index (χ3n) is 5.10. The van der Waals surface area contributed by atoms with Crippen molar-refractivity contribution in [2.24, 2.45) is 11.7 Å². The van der Waals surface area contributed by atoms with Crippen molar-refractivity contribution in [3.8, 4) is 11.1 Å². The molecule has 5 nitrogen and oxygen atoms in total. The molecule has 136 valence electrons. The van der Waals surface area contributed by atoms with Gasteiger partial charge in [0.1, 0.15) is 17.0 Å². The first-order valence-electron chi connectivity index (χ1n) is 9.30. The highest BCUT2D eigenvalue weighted by molar-refractivity contribution is 7.17. The van der Waals surface area contributed by atoms with Gasteiger partial charge >= 0.3 is 0 Å². The molecule has 3 heterocycles. The van der Waals surface area contributed by atoms with E-state index in [2.05, 4.69) is 55.9 Å². The maximum absolute atomic E-state index is 5.56. The van der Waals surface area contributed by atoms with Crippen molar-refractivity contribution in [3.05, 3.63) is 42.0 Å². The van der Waals surface area contributed by atoms with Crippen LogP contribution in [0.15, 0.2) is 42.0 Å².